The first-order chi connectivity index (χ1) is 11.5. The SMILES string of the molecule is CCOP(=O)(O)Cc1ccc(-c2ccc(OCCOC)cc2)cc1. The van der Waals surface area contributed by atoms with Crippen LogP contribution in [0.4, 0.5) is 0 Å². The van der Waals surface area contributed by atoms with Crippen molar-refractivity contribution < 1.29 is 23.5 Å². The smallest absolute Gasteiger partial charge is 0.332 e. The summed E-state index contributed by atoms with van der Waals surface area (Å²) in [5.41, 5.74) is 2.86. The maximum absolute atomic E-state index is 11.8. The van der Waals surface area contributed by atoms with Crippen LogP contribution in [0.15, 0.2) is 48.5 Å². The van der Waals surface area contributed by atoms with Gasteiger partial charge in [0.05, 0.1) is 19.4 Å². The Labute approximate surface area is 142 Å². The summed E-state index contributed by atoms with van der Waals surface area (Å²) in [5, 5.41) is 0. The fourth-order valence-corrected chi connectivity index (χ4v) is 3.43. The maximum atomic E-state index is 11.8. The van der Waals surface area contributed by atoms with Gasteiger partial charge in [-0.1, -0.05) is 36.4 Å². The van der Waals surface area contributed by atoms with Crippen LogP contribution in [0, 0.1) is 0 Å². The molecule has 0 aliphatic heterocycles. The van der Waals surface area contributed by atoms with Gasteiger partial charge >= 0.3 is 7.60 Å². The van der Waals surface area contributed by atoms with E-state index in [0.29, 0.717) is 13.2 Å². The van der Waals surface area contributed by atoms with E-state index in [1.165, 1.54) is 0 Å². The predicted octanol–water partition coefficient (Wildman–Crippen LogP) is 4.10. The molecule has 0 aromatic heterocycles. The van der Waals surface area contributed by atoms with E-state index in [1.807, 2.05) is 48.5 Å². The highest BCUT2D eigenvalue weighted by Gasteiger charge is 2.18. The average molecular weight is 350 g/mol. The van der Waals surface area contributed by atoms with Gasteiger partial charge in [-0.05, 0) is 35.7 Å². The fraction of sp³-hybridized carbons (Fsp3) is 0.333. The summed E-state index contributed by atoms with van der Waals surface area (Å²) >= 11 is 0. The first kappa shape index (κ1) is 18.7. The normalized spacial score (nSPS) is 13.5. The average Bonchev–Trinajstić information content (AvgIpc) is 2.56. The van der Waals surface area contributed by atoms with E-state index in [9.17, 15) is 9.46 Å². The summed E-state index contributed by atoms with van der Waals surface area (Å²) < 4.78 is 27.2. The van der Waals surface area contributed by atoms with Crippen LogP contribution < -0.4 is 4.74 Å². The zero-order valence-electron chi connectivity index (χ0n) is 14.0. The molecule has 0 aliphatic carbocycles. The van der Waals surface area contributed by atoms with Crippen molar-refractivity contribution in [1.29, 1.82) is 0 Å². The second-order valence-corrected chi connectivity index (χ2v) is 7.13. The molecule has 2 aromatic carbocycles. The monoisotopic (exact) mass is 350 g/mol. The summed E-state index contributed by atoms with van der Waals surface area (Å²) in [6.45, 7) is 3.00. The Kier molecular flexibility index (Phi) is 7.00. The molecule has 2 aromatic rings. The van der Waals surface area contributed by atoms with Crippen LogP contribution in [0.1, 0.15) is 12.5 Å². The third-order valence-corrected chi connectivity index (χ3v) is 4.84. The lowest BCUT2D eigenvalue weighted by atomic mass is 10.0. The van der Waals surface area contributed by atoms with Gasteiger partial charge in [0.15, 0.2) is 0 Å². The molecule has 0 saturated heterocycles. The Hall–Kier alpha value is -1.65. The lowest BCUT2D eigenvalue weighted by Crippen LogP contribution is -2.03. The first-order valence-corrected chi connectivity index (χ1v) is 9.58. The Morgan fingerprint density at radius 2 is 1.54 bits per heavy atom. The molecule has 0 radical (unpaired) electrons. The quantitative estimate of drug-likeness (QED) is 0.545. The molecule has 0 saturated carbocycles. The Bertz CT molecular complexity index is 667. The van der Waals surface area contributed by atoms with E-state index in [2.05, 4.69) is 0 Å². The molecule has 2 rings (SSSR count). The van der Waals surface area contributed by atoms with Crippen LogP contribution in [0.3, 0.4) is 0 Å². The van der Waals surface area contributed by atoms with E-state index in [4.69, 9.17) is 14.0 Å². The molecule has 0 spiro atoms. The van der Waals surface area contributed by atoms with E-state index < -0.39 is 7.60 Å². The molecule has 0 heterocycles. The highest BCUT2D eigenvalue weighted by Crippen LogP contribution is 2.45. The topological polar surface area (TPSA) is 65.0 Å². The van der Waals surface area contributed by atoms with E-state index in [1.54, 1.807) is 14.0 Å². The third-order valence-electron chi connectivity index (χ3n) is 3.41. The van der Waals surface area contributed by atoms with Crippen LogP contribution >= 0.6 is 7.60 Å². The molecular formula is C18H23O5P. The number of ether oxygens (including phenoxy) is 2. The second kappa shape index (κ2) is 9.00. The summed E-state index contributed by atoms with van der Waals surface area (Å²) in [6, 6.07) is 15.3. The number of methoxy groups -OCH3 is 1. The van der Waals surface area contributed by atoms with Gasteiger partial charge in [0.2, 0.25) is 0 Å². The summed E-state index contributed by atoms with van der Waals surface area (Å²) in [5.74, 6) is 0.797. The van der Waals surface area contributed by atoms with Gasteiger partial charge in [0.25, 0.3) is 0 Å². The van der Waals surface area contributed by atoms with Crippen LogP contribution in [0.2, 0.25) is 0 Å². The molecule has 130 valence electrons. The van der Waals surface area contributed by atoms with Crippen molar-refractivity contribution in [3.63, 3.8) is 0 Å². The van der Waals surface area contributed by atoms with Crippen molar-refractivity contribution >= 4 is 7.60 Å². The molecule has 6 heteroatoms. The number of rotatable bonds is 9. The summed E-state index contributed by atoms with van der Waals surface area (Å²) in [6.07, 6.45) is 0.0212. The van der Waals surface area contributed by atoms with Gasteiger partial charge in [-0.2, -0.15) is 0 Å². The Morgan fingerprint density at radius 1 is 0.958 bits per heavy atom. The highest BCUT2D eigenvalue weighted by molar-refractivity contribution is 7.51. The molecule has 0 amide bonds. The maximum Gasteiger partial charge on any atom is 0.332 e. The first-order valence-electron chi connectivity index (χ1n) is 7.81. The third kappa shape index (κ3) is 5.77. The van der Waals surface area contributed by atoms with Crippen molar-refractivity contribution in [3.8, 4) is 16.9 Å². The number of hydrogen-bond donors (Lipinski definition) is 1. The van der Waals surface area contributed by atoms with Crippen LogP contribution in [0.25, 0.3) is 11.1 Å². The van der Waals surface area contributed by atoms with Gasteiger partial charge < -0.3 is 18.9 Å². The van der Waals surface area contributed by atoms with E-state index in [0.717, 1.165) is 22.4 Å². The lowest BCUT2D eigenvalue weighted by Gasteiger charge is -2.11. The molecule has 5 nitrogen and oxygen atoms in total. The van der Waals surface area contributed by atoms with Crippen molar-refractivity contribution in [3.05, 3.63) is 54.1 Å². The molecule has 1 atom stereocenters. The molecule has 0 fully saturated rings. The van der Waals surface area contributed by atoms with Gasteiger partial charge in [0, 0.05) is 7.11 Å². The van der Waals surface area contributed by atoms with Gasteiger partial charge in [-0.25, -0.2) is 0 Å². The lowest BCUT2D eigenvalue weighted by molar-refractivity contribution is 0.146. The van der Waals surface area contributed by atoms with Crippen LogP contribution in [0.5, 0.6) is 5.75 Å². The zero-order valence-corrected chi connectivity index (χ0v) is 14.9. The highest BCUT2D eigenvalue weighted by atomic mass is 31.2. The second-order valence-electron chi connectivity index (χ2n) is 5.28. The Balaban J connectivity index is 2.01. The minimum Gasteiger partial charge on any atom is -0.491 e. The standard InChI is InChI=1S/C18H23O5P/c1-3-23-24(19,20)14-15-4-6-16(7-5-15)17-8-10-18(11-9-17)22-13-12-21-2/h4-11H,3,12-14H2,1-2H3,(H,19,20). The molecule has 0 bridgehead atoms. The van der Waals surface area contributed by atoms with Crippen molar-refractivity contribution in [2.24, 2.45) is 0 Å². The van der Waals surface area contributed by atoms with Gasteiger partial charge in [0.1, 0.15) is 12.4 Å². The molecule has 0 aliphatic rings. The molecule has 24 heavy (non-hydrogen) atoms. The van der Waals surface area contributed by atoms with Crippen molar-refractivity contribution in [2.75, 3.05) is 26.9 Å². The minimum absolute atomic E-state index is 0.0212. The van der Waals surface area contributed by atoms with Crippen LogP contribution in [-0.2, 0) is 20.0 Å². The molecule has 1 N–H and O–H groups in total. The predicted molar refractivity (Wildman–Crippen MR) is 94.4 cm³/mol. The molecule has 1 unspecified atom stereocenters. The van der Waals surface area contributed by atoms with Crippen molar-refractivity contribution in [1.82, 2.24) is 0 Å². The number of benzene rings is 2. The van der Waals surface area contributed by atoms with Gasteiger partial charge in [-0.3, -0.25) is 4.57 Å². The van der Waals surface area contributed by atoms with Crippen molar-refractivity contribution in [2.45, 2.75) is 13.1 Å². The van der Waals surface area contributed by atoms with Gasteiger partial charge in [-0.15, -0.1) is 0 Å². The van der Waals surface area contributed by atoms with Crippen LogP contribution in [-0.4, -0.2) is 31.8 Å². The minimum atomic E-state index is -3.55. The Morgan fingerprint density at radius 3 is 2.08 bits per heavy atom. The van der Waals surface area contributed by atoms with E-state index >= 15 is 0 Å². The van der Waals surface area contributed by atoms with E-state index in [-0.39, 0.29) is 12.8 Å². The largest absolute Gasteiger partial charge is 0.491 e. The summed E-state index contributed by atoms with van der Waals surface area (Å²) in [7, 11) is -1.91. The zero-order chi connectivity index (χ0) is 17.4. The number of hydrogen-bond acceptors (Lipinski definition) is 4. The fourth-order valence-electron chi connectivity index (χ4n) is 2.27. The summed E-state index contributed by atoms with van der Waals surface area (Å²) in [4.78, 5) is 9.68. The molecular weight excluding hydrogens is 327 g/mol.